The molecule has 2 aromatic rings. The number of nitrogens with zero attached hydrogens (tertiary/aromatic N) is 2. The monoisotopic (exact) mass is 307 g/mol. The summed E-state index contributed by atoms with van der Waals surface area (Å²) < 4.78 is 7.59. The van der Waals surface area contributed by atoms with E-state index < -0.39 is 0 Å². The predicted octanol–water partition coefficient (Wildman–Crippen LogP) is 2.40. The molecule has 3 rings (SSSR count). The molecule has 112 valence electrons. The van der Waals surface area contributed by atoms with Crippen molar-refractivity contribution in [2.24, 2.45) is 7.05 Å². The van der Waals surface area contributed by atoms with Crippen molar-refractivity contribution in [2.45, 2.75) is 25.1 Å². The number of aromatic nitrogens is 2. The SMILES string of the molecule is Cn1cc([C@@H]2OCC[C@H]2NCc2cc(O)cc(Cl)c2)cn1. The molecular weight excluding hydrogens is 290 g/mol. The fourth-order valence-corrected chi connectivity index (χ4v) is 2.95. The Balaban J connectivity index is 1.66. The average Bonchev–Trinajstić information content (AvgIpc) is 3.03. The predicted molar refractivity (Wildman–Crippen MR) is 80.3 cm³/mol. The van der Waals surface area contributed by atoms with Gasteiger partial charge >= 0.3 is 0 Å². The average molecular weight is 308 g/mol. The third-order valence-electron chi connectivity index (χ3n) is 3.66. The lowest BCUT2D eigenvalue weighted by Gasteiger charge is -2.19. The fraction of sp³-hybridized carbons (Fsp3) is 0.400. The number of hydrogen-bond donors (Lipinski definition) is 2. The molecule has 0 spiro atoms. The molecule has 0 bridgehead atoms. The highest BCUT2D eigenvalue weighted by Gasteiger charge is 2.30. The summed E-state index contributed by atoms with van der Waals surface area (Å²) in [6.07, 6.45) is 4.80. The van der Waals surface area contributed by atoms with E-state index in [1.54, 1.807) is 10.7 Å². The minimum atomic E-state index is 0.0199. The van der Waals surface area contributed by atoms with Crippen LogP contribution in [0.3, 0.4) is 0 Å². The second-order valence-electron chi connectivity index (χ2n) is 5.33. The van der Waals surface area contributed by atoms with E-state index in [9.17, 15) is 5.11 Å². The standard InChI is InChI=1S/C15H18ClN3O2/c1-19-9-11(8-18-19)15-14(2-3-21-15)17-7-10-4-12(16)6-13(20)5-10/h4-6,8-9,14-15,17,20H,2-3,7H2,1H3/t14-,15+/m1/s1. The topological polar surface area (TPSA) is 59.3 Å². The van der Waals surface area contributed by atoms with Gasteiger partial charge in [0.05, 0.1) is 6.20 Å². The van der Waals surface area contributed by atoms with Crippen molar-refractivity contribution in [3.63, 3.8) is 0 Å². The second kappa shape index (κ2) is 6.05. The van der Waals surface area contributed by atoms with Crippen molar-refractivity contribution in [1.29, 1.82) is 0 Å². The molecule has 0 aliphatic carbocycles. The number of aromatic hydroxyl groups is 1. The lowest BCUT2D eigenvalue weighted by atomic mass is 10.0. The van der Waals surface area contributed by atoms with Gasteiger partial charge in [-0.3, -0.25) is 4.68 Å². The Morgan fingerprint density at radius 1 is 1.48 bits per heavy atom. The van der Waals surface area contributed by atoms with Crippen LogP contribution in [0.25, 0.3) is 0 Å². The van der Waals surface area contributed by atoms with E-state index in [1.165, 1.54) is 6.07 Å². The van der Waals surface area contributed by atoms with Crippen LogP contribution in [0.4, 0.5) is 0 Å². The summed E-state index contributed by atoms with van der Waals surface area (Å²) in [4.78, 5) is 0. The Labute approximate surface area is 128 Å². The van der Waals surface area contributed by atoms with Gasteiger partial charge in [0.2, 0.25) is 0 Å². The van der Waals surface area contributed by atoms with Crippen LogP contribution in [0.15, 0.2) is 30.6 Å². The molecule has 2 atom stereocenters. The lowest BCUT2D eigenvalue weighted by molar-refractivity contribution is 0.0984. The van der Waals surface area contributed by atoms with Crippen molar-refractivity contribution in [1.82, 2.24) is 15.1 Å². The molecule has 0 unspecified atom stereocenters. The highest BCUT2D eigenvalue weighted by molar-refractivity contribution is 6.30. The van der Waals surface area contributed by atoms with Crippen LogP contribution in [0, 0.1) is 0 Å². The van der Waals surface area contributed by atoms with Crippen LogP contribution < -0.4 is 5.32 Å². The Bertz CT molecular complexity index is 609. The Hall–Kier alpha value is -1.56. The number of benzene rings is 1. The summed E-state index contributed by atoms with van der Waals surface area (Å²) in [6.45, 7) is 1.37. The number of rotatable bonds is 4. The largest absolute Gasteiger partial charge is 0.508 e. The number of phenols is 1. The van der Waals surface area contributed by atoms with E-state index in [2.05, 4.69) is 10.4 Å². The number of phenolic OH excluding ortho intramolecular Hbond substituents is 1. The van der Waals surface area contributed by atoms with E-state index in [1.807, 2.05) is 25.5 Å². The summed E-state index contributed by atoms with van der Waals surface area (Å²) >= 11 is 5.95. The maximum Gasteiger partial charge on any atom is 0.117 e. The summed E-state index contributed by atoms with van der Waals surface area (Å²) in [7, 11) is 1.90. The Morgan fingerprint density at radius 2 is 2.33 bits per heavy atom. The molecule has 6 heteroatoms. The number of aryl methyl sites for hydroxylation is 1. The van der Waals surface area contributed by atoms with Crippen molar-refractivity contribution in [2.75, 3.05) is 6.61 Å². The molecule has 1 aromatic heterocycles. The molecular formula is C15H18ClN3O2. The van der Waals surface area contributed by atoms with Crippen molar-refractivity contribution in [3.05, 3.63) is 46.7 Å². The van der Waals surface area contributed by atoms with Gasteiger partial charge in [-0.05, 0) is 30.2 Å². The molecule has 2 N–H and O–H groups in total. The zero-order valence-electron chi connectivity index (χ0n) is 11.8. The molecule has 0 radical (unpaired) electrons. The highest BCUT2D eigenvalue weighted by atomic mass is 35.5. The van der Waals surface area contributed by atoms with Gasteiger partial charge in [0.1, 0.15) is 11.9 Å². The van der Waals surface area contributed by atoms with Gasteiger partial charge in [-0.15, -0.1) is 0 Å². The maximum atomic E-state index is 9.57. The van der Waals surface area contributed by atoms with Crippen LogP contribution in [0.5, 0.6) is 5.75 Å². The van der Waals surface area contributed by atoms with Gasteiger partial charge in [-0.1, -0.05) is 11.6 Å². The van der Waals surface area contributed by atoms with Crippen molar-refractivity contribution in [3.8, 4) is 5.75 Å². The normalized spacial score (nSPS) is 21.8. The van der Waals surface area contributed by atoms with Crippen LogP contribution in [-0.4, -0.2) is 27.5 Å². The summed E-state index contributed by atoms with van der Waals surface area (Å²) in [6, 6.07) is 5.33. The third-order valence-corrected chi connectivity index (χ3v) is 3.87. The van der Waals surface area contributed by atoms with E-state index in [0.29, 0.717) is 11.6 Å². The van der Waals surface area contributed by atoms with Crippen LogP contribution in [-0.2, 0) is 18.3 Å². The molecule has 1 aliphatic heterocycles. The summed E-state index contributed by atoms with van der Waals surface area (Å²) in [5.41, 5.74) is 2.04. The van der Waals surface area contributed by atoms with Crippen molar-refractivity contribution >= 4 is 11.6 Å². The molecule has 1 saturated heterocycles. The number of ether oxygens (including phenoxy) is 1. The van der Waals surface area contributed by atoms with Gasteiger partial charge in [0.25, 0.3) is 0 Å². The van der Waals surface area contributed by atoms with Crippen LogP contribution in [0.2, 0.25) is 5.02 Å². The first-order valence-electron chi connectivity index (χ1n) is 6.94. The highest BCUT2D eigenvalue weighted by Crippen LogP contribution is 2.29. The van der Waals surface area contributed by atoms with Crippen LogP contribution >= 0.6 is 11.6 Å². The molecule has 2 heterocycles. The van der Waals surface area contributed by atoms with E-state index in [4.69, 9.17) is 16.3 Å². The van der Waals surface area contributed by atoms with Crippen molar-refractivity contribution < 1.29 is 9.84 Å². The van der Waals surface area contributed by atoms with Gasteiger partial charge in [-0.25, -0.2) is 0 Å². The third kappa shape index (κ3) is 3.37. The molecule has 5 nitrogen and oxygen atoms in total. The molecule has 1 aliphatic rings. The molecule has 21 heavy (non-hydrogen) atoms. The summed E-state index contributed by atoms with van der Waals surface area (Å²) in [5.74, 6) is 0.186. The molecule has 0 saturated carbocycles. The zero-order chi connectivity index (χ0) is 14.8. The minimum Gasteiger partial charge on any atom is -0.508 e. The quantitative estimate of drug-likeness (QED) is 0.910. The Morgan fingerprint density at radius 3 is 3.05 bits per heavy atom. The maximum absolute atomic E-state index is 9.57. The number of hydrogen-bond acceptors (Lipinski definition) is 4. The zero-order valence-corrected chi connectivity index (χ0v) is 12.5. The van der Waals surface area contributed by atoms with E-state index in [-0.39, 0.29) is 17.9 Å². The first-order valence-corrected chi connectivity index (χ1v) is 7.31. The smallest absolute Gasteiger partial charge is 0.117 e. The Kier molecular flexibility index (Phi) is 4.14. The molecule has 1 aromatic carbocycles. The number of nitrogens with one attached hydrogen (secondary N) is 1. The van der Waals surface area contributed by atoms with Gasteiger partial charge in [0.15, 0.2) is 0 Å². The summed E-state index contributed by atoms with van der Waals surface area (Å²) in [5, 5.41) is 17.8. The minimum absolute atomic E-state index is 0.0199. The van der Waals surface area contributed by atoms with Gasteiger partial charge < -0.3 is 15.2 Å². The fourth-order valence-electron chi connectivity index (χ4n) is 2.70. The van der Waals surface area contributed by atoms with E-state index in [0.717, 1.165) is 24.2 Å². The second-order valence-corrected chi connectivity index (χ2v) is 5.77. The lowest BCUT2D eigenvalue weighted by Crippen LogP contribution is -2.31. The number of halogens is 1. The molecule has 1 fully saturated rings. The van der Waals surface area contributed by atoms with Crippen LogP contribution in [0.1, 0.15) is 23.7 Å². The van der Waals surface area contributed by atoms with Gasteiger partial charge in [-0.2, -0.15) is 5.10 Å². The first-order chi connectivity index (χ1) is 10.1. The first kappa shape index (κ1) is 14.4. The van der Waals surface area contributed by atoms with Gasteiger partial charge in [0, 0.05) is 43.0 Å². The van der Waals surface area contributed by atoms with E-state index >= 15 is 0 Å². The molecule has 0 amide bonds.